The second-order valence-corrected chi connectivity index (χ2v) is 3.29. The normalized spacial score (nSPS) is 14.0. The Morgan fingerprint density at radius 3 is 2.21 bits per heavy atom. The Kier molecular flexibility index (Phi) is 4.46. The van der Waals surface area contributed by atoms with Gasteiger partial charge >= 0.3 is 18.8 Å². The quantitative estimate of drug-likeness (QED) is 0.758. The molecular weight excluding hydrogens is 278 g/mol. The highest BCUT2D eigenvalue weighted by Crippen LogP contribution is 2.33. The summed E-state index contributed by atoms with van der Waals surface area (Å²) in [6.45, 7) is 3.30. The lowest BCUT2D eigenvalue weighted by molar-refractivity contribution is -0.411. The van der Waals surface area contributed by atoms with Crippen molar-refractivity contribution in [2.45, 2.75) is 18.8 Å². The largest absolute Gasteiger partial charge is 0.525 e. The zero-order valence-electron chi connectivity index (χ0n) is 9.26. The molecule has 1 aromatic carbocycles. The van der Waals surface area contributed by atoms with Crippen LogP contribution in [0.15, 0.2) is 30.8 Å². The predicted molar refractivity (Wildman–Crippen MR) is 54.1 cm³/mol. The summed E-state index contributed by atoms with van der Waals surface area (Å²) in [4.78, 5) is 0. The molecule has 0 aromatic heterocycles. The number of rotatable bonds is 5. The van der Waals surface area contributed by atoms with Crippen LogP contribution in [0.1, 0.15) is 5.56 Å². The van der Waals surface area contributed by atoms with E-state index >= 15 is 0 Å². The summed E-state index contributed by atoms with van der Waals surface area (Å²) in [6.07, 6.45) is -13.2. The Morgan fingerprint density at radius 2 is 1.68 bits per heavy atom. The highest BCUT2D eigenvalue weighted by molar-refractivity contribution is 5.55. The third-order valence-corrected chi connectivity index (χ3v) is 1.89. The third-order valence-electron chi connectivity index (χ3n) is 1.89. The Labute approximate surface area is 104 Å². The monoisotopic (exact) mass is 286 g/mol. The molecule has 0 bridgehead atoms. The van der Waals surface area contributed by atoms with Gasteiger partial charge in [0.1, 0.15) is 5.75 Å². The summed E-state index contributed by atoms with van der Waals surface area (Å²) < 4.78 is 80.4. The average molecular weight is 286 g/mol. The van der Waals surface area contributed by atoms with E-state index in [-0.39, 0.29) is 5.56 Å². The number of halogens is 6. The molecule has 0 radical (unpaired) electrons. The SMILES string of the molecule is C=Cc1ccccc1OC(F)(F)C(F)OC(F)(F)F. The molecule has 106 valence electrons. The highest BCUT2D eigenvalue weighted by atomic mass is 19.4. The van der Waals surface area contributed by atoms with Crippen LogP contribution in [-0.2, 0) is 4.74 Å². The van der Waals surface area contributed by atoms with Crippen LogP contribution in [0.4, 0.5) is 26.3 Å². The minimum atomic E-state index is -5.54. The van der Waals surface area contributed by atoms with Crippen molar-refractivity contribution in [3.05, 3.63) is 36.4 Å². The Balaban J connectivity index is 2.86. The van der Waals surface area contributed by atoms with Gasteiger partial charge in [0, 0.05) is 5.56 Å². The molecule has 0 saturated carbocycles. The summed E-state index contributed by atoms with van der Waals surface area (Å²) in [5.41, 5.74) is 0.0707. The Hall–Kier alpha value is -1.70. The van der Waals surface area contributed by atoms with Crippen LogP contribution in [0.3, 0.4) is 0 Å². The van der Waals surface area contributed by atoms with Crippen molar-refractivity contribution in [3.63, 3.8) is 0 Å². The summed E-state index contributed by atoms with van der Waals surface area (Å²) in [5, 5.41) is 0. The van der Waals surface area contributed by atoms with E-state index in [4.69, 9.17) is 0 Å². The van der Waals surface area contributed by atoms with Crippen molar-refractivity contribution >= 4 is 6.08 Å². The molecule has 0 aliphatic carbocycles. The Morgan fingerprint density at radius 1 is 1.11 bits per heavy atom. The van der Waals surface area contributed by atoms with Gasteiger partial charge in [-0.2, -0.15) is 8.78 Å². The van der Waals surface area contributed by atoms with Gasteiger partial charge in [-0.05, 0) is 6.07 Å². The second kappa shape index (κ2) is 5.52. The van der Waals surface area contributed by atoms with Crippen LogP contribution in [0.2, 0.25) is 0 Å². The first-order valence-corrected chi connectivity index (χ1v) is 4.82. The van der Waals surface area contributed by atoms with Crippen molar-refractivity contribution in [2.75, 3.05) is 0 Å². The lowest BCUT2D eigenvalue weighted by Crippen LogP contribution is -2.41. The lowest BCUT2D eigenvalue weighted by Gasteiger charge is -2.22. The van der Waals surface area contributed by atoms with E-state index in [1.165, 1.54) is 18.2 Å². The van der Waals surface area contributed by atoms with Gasteiger partial charge in [0.2, 0.25) is 0 Å². The number of hydrogen-bond donors (Lipinski definition) is 0. The van der Waals surface area contributed by atoms with E-state index in [9.17, 15) is 26.3 Å². The smallest absolute Gasteiger partial charge is 0.428 e. The van der Waals surface area contributed by atoms with Gasteiger partial charge in [-0.1, -0.05) is 30.9 Å². The van der Waals surface area contributed by atoms with Gasteiger partial charge in [0.15, 0.2) is 0 Å². The van der Waals surface area contributed by atoms with Gasteiger partial charge in [-0.3, -0.25) is 0 Å². The maximum Gasteiger partial charge on any atom is 0.525 e. The average Bonchev–Trinajstić information content (AvgIpc) is 2.27. The summed E-state index contributed by atoms with van der Waals surface area (Å²) in [6, 6.07) is 5.10. The van der Waals surface area contributed by atoms with Gasteiger partial charge in [-0.15, -0.1) is 13.2 Å². The molecule has 0 N–H and O–H groups in total. The van der Waals surface area contributed by atoms with E-state index in [0.29, 0.717) is 0 Å². The minimum Gasteiger partial charge on any atom is -0.428 e. The molecule has 1 unspecified atom stereocenters. The summed E-state index contributed by atoms with van der Waals surface area (Å²) in [7, 11) is 0. The van der Waals surface area contributed by atoms with Gasteiger partial charge in [-0.25, -0.2) is 9.13 Å². The second-order valence-electron chi connectivity index (χ2n) is 3.29. The number of benzene rings is 1. The molecule has 19 heavy (non-hydrogen) atoms. The molecule has 0 aliphatic heterocycles. The molecule has 0 spiro atoms. The van der Waals surface area contributed by atoms with Crippen molar-refractivity contribution in [1.82, 2.24) is 0 Å². The van der Waals surface area contributed by atoms with Crippen LogP contribution in [0.25, 0.3) is 6.08 Å². The molecular formula is C11H8F6O2. The first-order chi connectivity index (χ1) is 8.65. The van der Waals surface area contributed by atoms with E-state index in [1.54, 1.807) is 0 Å². The van der Waals surface area contributed by atoms with Crippen molar-refractivity contribution < 1.29 is 35.8 Å². The maximum absolute atomic E-state index is 13.1. The lowest BCUT2D eigenvalue weighted by atomic mass is 10.2. The van der Waals surface area contributed by atoms with Crippen molar-refractivity contribution in [2.24, 2.45) is 0 Å². The van der Waals surface area contributed by atoms with Crippen molar-refractivity contribution in [3.8, 4) is 5.75 Å². The maximum atomic E-state index is 13.1. The number of ether oxygens (including phenoxy) is 2. The summed E-state index contributed by atoms with van der Waals surface area (Å²) in [5.74, 6) is -0.518. The third kappa shape index (κ3) is 4.47. The van der Waals surface area contributed by atoms with Gasteiger partial charge < -0.3 is 4.74 Å². The topological polar surface area (TPSA) is 18.5 Å². The summed E-state index contributed by atoms with van der Waals surface area (Å²) >= 11 is 0. The molecule has 0 aliphatic rings. The van der Waals surface area contributed by atoms with E-state index < -0.39 is 24.6 Å². The van der Waals surface area contributed by atoms with Crippen molar-refractivity contribution in [1.29, 1.82) is 0 Å². The molecule has 0 heterocycles. The fourth-order valence-electron chi connectivity index (χ4n) is 1.12. The molecule has 0 fully saturated rings. The van der Waals surface area contributed by atoms with E-state index in [2.05, 4.69) is 16.1 Å². The van der Waals surface area contributed by atoms with E-state index in [0.717, 1.165) is 12.1 Å². The molecule has 0 amide bonds. The van der Waals surface area contributed by atoms with Crippen LogP contribution >= 0.6 is 0 Å². The zero-order chi connectivity index (χ0) is 14.7. The first kappa shape index (κ1) is 15.4. The highest BCUT2D eigenvalue weighted by Gasteiger charge is 2.50. The molecule has 1 aromatic rings. The van der Waals surface area contributed by atoms with Gasteiger partial charge in [0.05, 0.1) is 0 Å². The minimum absolute atomic E-state index is 0.0707. The fraction of sp³-hybridized carbons (Fsp3) is 0.273. The molecule has 0 saturated heterocycles. The number of para-hydroxylation sites is 1. The number of alkyl halides is 6. The number of hydrogen-bond acceptors (Lipinski definition) is 2. The Bertz CT molecular complexity index is 443. The van der Waals surface area contributed by atoms with Crippen LogP contribution in [0, 0.1) is 0 Å². The zero-order valence-corrected chi connectivity index (χ0v) is 9.26. The molecule has 8 heteroatoms. The van der Waals surface area contributed by atoms with E-state index in [1.807, 2.05) is 0 Å². The predicted octanol–water partition coefficient (Wildman–Crippen LogP) is 4.13. The molecule has 1 rings (SSSR count). The van der Waals surface area contributed by atoms with Gasteiger partial charge in [0.25, 0.3) is 0 Å². The first-order valence-electron chi connectivity index (χ1n) is 4.82. The molecule has 2 nitrogen and oxygen atoms in total. The molecule has 1 atom stereocenters. The van der Waals surface area contributed by atoms with Crippen LogP contribution < -0.4 is 4.74 Å². The van der Waals surface area contributed by atoms with Crippen LogP contribution in [-0.4, -0.2) is 18.8 Å². The standard InChI is InChI=1S/C11H8F6O2/c1-2-7-5-3-4-6-8(7)18-10(13,14)9(12)19-11(15,16)17/h2-6,9H,1H2. The fourth-order valence-corrected chi connectivity index (χ4v) is 1.12. The van der Waals surface area contributed by atoms with Crippen LogP contribution in [0.5, 0.6) is 5.75 Å².